The van der Waals surface area contributed by atoms with Crippen LogP contribution in [0.25, 0.3) is 0 Å². The van der Waals surface area contributed by atoms with Gasteiger partial charge in [0.25, 0.3) is 0 Å². The quantitative estimate of drug-likeness (QED) is 0.367. The molecule has 0 aliphatic heterocycles. The summed E-state index contributed by atoms with van der Waals surface area (Å²) in [5.41, 5.74) is 1.04. The molecule has 24 heavy (non-hydrogen) atoms. The van der Waals surface area contributed by atoms with Gasteiger partial charge in [0.1, 0.15) is 6.54 Å². The van der Waals surface area contributed by atoms with E-state index in [4.69, 9.17) is 9.26 Å². The van der Waals surface area contributed by atoms with E-state index >= 15 is 0 Å². The molecular weight excluding hydrogens is 304 g/mol. The third-order valence-electron chi connectivity index (χ3n) is 3.78. The first-order valence-electron chi connectivity index (χ1n) is 9.19. The smallest absolute Gasteiger partial charge is 0.191 e. The Kier molecular flexibility index (Phi) is 10.2. The average molecular weight is 338 g/mol. The van der Waals surface area contributed by atoms with Crippen molar-refractivity contribution in [3.05, 3.63) is 17.5 Å². The molecule has 1 rings (SSSR count). The molecule has 0 aromatic carbocycles. The van der Waals surface area contributed by atoms with Gasteiger partial charge in [-0.25, -0.2) is 4.99 Å². The Hall–Kier alpha value is -1.56. The van der Waals surface area contributed by atoms with Gasteiger partial charge in [-0.3, -0.25) is 0 Å². The number of hydrogen-bond donors (Lipinski definition) is 2. The van der Waals surface area contributed by atoms with Crippen LogP contribution in [0.3, 0.4) is 0 Å². The van der Waals surface area contributed by atoms with E-state index in [1.807, 2.05) is 19.9 Å². The average Bonchev–Trinajstić information content (AvgIpc) is 3.02. The lowest BCUT2D eigenvalue weighted by Crippen LogP contribution is -2.38. The van der Waals surface area contributed by atoms with E-state index in [0.29, 0.717) is 12.5 Å². The number of rotatable bonds is 11. The molecule has 1 aromatic rings. The fourth-order valence-electron chi connectivity index (χ4n) is 2.40. The number of guanidine groups is 1. The lowest BCUT2D eigenvalue weighted by molar-refractivity contribution is 0.0776. The summed E-state index contributed by atoms with van der Waals surface area (Å²) in [6, 6.07) is 2.03. The highest BCUT2D eigenvalue weighted by molar-refractivity contribution is 5.79. The van der Waals surface area contributed by atoms with Crippen LogP contribution in [0.5, 0.6) is 0 Å². The molecule has 1 aromatic heterocycles. The van der Waals surface area contributed by atoms with E-state index in [2.05, 4.69) is 41.6 Å². The zero-order valence-corrected chi connectivity index (χ0v) is 15.9. The van der Waals surface area contributed by atoms with Gasteiger partial charge in [0.05, 0.1) is 11.8 Å². The first-order chi connectivity index (χ1) is 11.6. The predicted octanol–water partition coefficient (Wildman–Crippen LogP) is 3.45. The van der Waals surface area contributed by atoms with Crippen molar-refractivity contribution in [1.82, 2.24) is 15.8 Å². The number of nitrogens with one attached hydrogen (secondary N) is 2. The molecule has 0 unspecified atom stereocenters. The molecule has 6 nitrogen and oxygen atoms in total. The van der Waals surface area contributed by atoms with E-state index in [0.717, 1.165) is 56.4 Å². The number of ether oxygens (including phenoxy) is 1. The summed E-state index contributed by atoms with van der Waals surface area (Å²) in [5, 5.41) is 10.7. The van der Waals surface area contributed by atoms with Crippen molar-refractivity contribution in [2.24, 2.45) is 4.99 Å². The third-order valence-corrected chi connectivity index (χ3v) is 3.78. The van der Waals surface area contributed by atoms with E-state index in [1.165, 1.54) is 0 Å². The van der Waals surface area contributed by atoms with Gasteiger partial charge in [-0.15, -0.1) is 0 Å². The van der Waals surface area contributed by atoms with Crippen molar-refractivity contribution in [3.8, 4) is 0 Å². The maximum Gasteiger partial charge on any atom is 0.191 e. The highest BCUT2D eigenvalue weighted by Gasteiger charge is 2.12. The van der Waals surface area contributed by atoms with Gasteiger partial charge in [-0.1, -0.05) is 19.0 Å². The zero-order valence-electron chi connectivity index (χ0n) is 15.9. The molecule has 0 bridgehead atoms. The normalized spacial score (nSPS) is 12.2. The molecule has 0 saturated heterocycles. The first-order valence-corrected chi connectivity index (χ1v) is 9.19. The summed E-state index contributed by atoms with van der Waals surface area (Å²) in [7, 11) is 0. The van der Waals surface area contributed by atoms with Crippen LogP contribution in [-0.2, 0) is 11.3 Å². The Morgan fingerprint density at radius 1 is 1.25 bits per heavy atom. The first kappa shape index (κ1) is 20.5. The molecule has 0 aliphatic rings. The summed E-state index contributed by atoms with van der Waals surface area (Å²) in [5.74, 6) is 2.07. The van der Waals surface area contributed by atoms with E-state index < -0.39 is 0 Å². The van der Waals surface area contributed by atoms with Gasteiger partial charge >= 0.3 is 0 Å². The van der Waals surface area contributed by atoms with Crippen LogP contribution in [0.1, 0.15) is 71.3 Å². The van der Waals surface area contributed by atoms with Crippen molar-refractivity contribution >= 4 is 5.96 Å². The molecule has 0 atom stereocenters. The van der Waals surface area contributed by atoms with Gasteiger partial charge in [0.2, 0.25) is 0 Å². The number of aliphatic imine (C=N–C) groups is 1. The van der Waals surface area contributed by atoms with Crippen LogP contribution < -0.4 is 10.6 Å². The van der Waals surface area contributed by atoms with Gasteiger partial charge in [0.15, 0.2) is 11.7 Å². The predicted molar refractivity (Wildman–Crippen MR) is 98.3 cm³/mol. The number of aromatic nitrogens is 1. The lowest BCUT2D eigenvalue weighted by atomic mass is 9.99. The molecule has 6 heteroatoms. The van der Waals surface area contributed by atoms with E-state index in [9.17, 15) is 0 Å². The highest BCUT2D eigenvalue weighted by Crippen LogP contribution is 2.22. The van der Waals surface area contributed by atoms with Crippen molar-refractivity contribution in [2.75, 3.05) is 19.7 Å². The fraction of sp³-hybridized carbons (Fsp3) is 0.778. The number of nitrogens with zero attached hydrogens (tertiary/aromatic N) is 2. The molecule has 0 radical (unpaired) electrons. The van der Waals surface area contributed by atoms with Gasteiger partial charge in [-0.05, 0) is 40.0 Å². The minimum absolute atomic E-state index is 0.280. The molecule has 2 N–H and O–H groups in total. The molecule has 0 spiro atoms. The highest BCUT2D eigenvalue weighted by atomic mass is 16.5. The Morgan fingerprint density at radius 2 is 2.00 bits per heavy atom. The van der Waals surface area contributed by atoms with Crippen molar-refractivity contribution < 1.29 is 9.26 Å². The van der Waals surface area contributed by atoms with Crippen molar-refractivity contribution in [1.29, 1.82) is 0 Å². The van der Waals surface area contributed by atoms with Crippen LogP contribution >= 0.6 is 0 Å². The molecule has 0 fully saturated rings. The minimum atomic E-state index is 0.280. The third kappa shape index (κ3) is 7.81. The van der Waals surface area contributed by atoms with Crippen LogP contribution in [0.2, 0.25) is 0 Å². The molecule has 138 valence electrons. The SMILES string of the molecule is CCNC(=NCc1cc(C(CC)CC)no1)NCCCOC(C)C. The van der Waals surface area contributed by atoms with Crippen LogP contribution in [-0.4, -0.2) is 36.9 Å². The molecule has 0 saturated carbocycles. The summed E-state index contributed by atoms with van der Waals surface area (Å²) in [4.78, 5) is 4.56. The standard InChI is InChI=1S/C18H34N4O2/c1-6-15(7-2)17-12-16(24-22-17)13-21-18(19-8-3)20-10-9-11-23-14(4)5/h12,14-15H,6-11,13H2,1-5H3,(H2,19,20,21). The lowest BCUT2D eigenvalue weighted by Gasteiger charge is -2.11. The Labute approximate surface area is 146 Å². The van der Waals surface area contributed by atoms with E-state index in [-0.39, 0.29) is 6.10 Å². The van der Waals surface area contributed by atoms with Crippen LogP contribution in [0.15, 0.2) is 15.6 Å². The second-order valence-electron chi connectivity index (χ2n) is 6.13. The topological polar surface area (TPSA) is 71.7 Å². The Balaban J connectivity index is 2.47. The largest absolute Gasteiger partial charge is 0.379 e. The maximum absolute atomic E-state index is 5.54. The van der Waals surface area contributed by atoms with Gasteiger partial charge in [-0.2, -0.15) is 0 Å². The zero-order chi connectivity index (χ0) is 17.8. The summed E-state index contributed by atoms with van der Waals surface area (Å²) in [6.45, 7) is 13.4. The van der Waals surface area contributed by atoms with Gasteiger partial charge in [0, 0.05) is 31.7 Å². The molecule has 1 heterocycles. The molecule has 0 amide bonds. The fourth-order valence-corrected chi connectivity index (χ4v) is 2.40. The van der Waals surface area contributed by atoms with E-state index in [1.54, 1.807) is 0 Å². The van der Waals surface area contributed by atoms with Gasteiger partial charge < -0.3 is 19.9 Å². The summed E-state index contributed by atoms with van der Waals surface area (Å²) >= 11 is 0. The van der Waals surface area contributed by atoms with Crippen molar-refractivity contribution in [3.63, 3.8) is 0 Å². The van der Waals surface area contributed by atoms with Crippen LogP contribution in [0, 0.1) is 0 Å². The molecular formula is C18H34N4O2. The Bertz CT molecular complexity index is 467. The summed E-state index contributed by atoms with van der Waals surface area (Å²) in [6.07, 6.45) is 3.38. The summed E-state index contributed by atoms with van der Waals surface area (Å²) < 4.78 is 11.0. The Morgan fingerprint density at radius 3 is 2.62 bits per heavy atom. The monoisotopic (exact) mass is 338 g/mol. The minimum Gasteiger partial charge on any atom is -0.379 e. The van der Waals surface area contributed by atoms with Crippen LogP contribution in [0.4, 0.5) is 0 Å². The second kappa shape index (κ2) is 11.9. The second-order valence-corrected chi connectivity index (χ2v) is 6.13. The number of hydrogen-bond acceptors (Lipinski definition) is 4. The molecule has 0 aliphatic carbocycles. The maximum atomic E-state index is 5.54. The van der Waals surface area contributed by atoms with Crippen molar-refractivity contribution in [2.45, 2.75) is 72.4 Å².